The Hall–Kier alpha value is -3.49. The van der Waals surface area contributed by atoms with Crippen LogP contribution in [0.4, 0.5) is 0 Å². The maximum atomic E-state index is 12.5. The van der Waals surface area contributed by atoms with Crippen molar-refractivity contribution in [3.05, 3.63) is 88.9 Å². The topological polar surface area (TPSA) is 72.2 Å². The minimum atomic E-state index is -0.212. The molecule has 0 saturated heterocycles. The SMILES string of the molecule is Cn1c(SCC(=O)N/N=C/c2c3ccccc3cc3ccccc23)nnc1-c1ccccc1Br. The molecule has 1 N–H and O–H groups in total. The number of hydrogen-bond donors (Lipinski definition) is 1. The third-order valence-electron chi connectivity index (χ3n) is 5.48. The van der Waals surface area contributed by atoms with Crippen LogP contribution in [0.15, 0.2) is 93.6 Å². The molecule has 0 bridgehead atoms. The van der Waals surface area contributed by atoms with Crippen LogP contribution >= 0.6 is 27.7 Å². The number of carbonyl (C=O) groups is 1. The van der Waals surface area contributed by atoms with Crippen LogP contribution in [0, 0.1) is 0 Å². The number of rotatable bonds is 6. The summed E-state index contributed by atoms with van der Waals surface area (Å²) in [5.74, 6) is 0.697. The Morgan fingerprint density at radius 1 is 1.00 bits per heavy atom. The highest BCUT2D eigenvalue weighted by Gasteiger charge is 2.14. The number of benzene rings is 4. The number of thioether (sulfide) groups is 1. The van der Waals surface area contributed by atoms with E-state index in [1.807, 2.05) is 60.1 Å². The Morgan fingerprint density at radius 3 is 2.35 bits per heavy atom. The molecule has 0 unspecified atom stereocenters. The normalized spacial score (nSPS) is 11.5. The van der Waals surface area contributed by atoms with E-state index in [1.54, 1.807) is 6.21 Å². The standard InChI is InChI=1S/C26H20BrN5OS/c1-32-25(21-12-6-7-13-23(21)27)30-31-26(32)34-16-24(33)29-28-15-22-19-10-4-2-8-17(19)14-18-9-3-5-11-20(18)22/h2-15H,16H2,1H3,(H,29,33)/b28-15+. The Bertz CT molecular complexity index is 1490. The first-order valence-corrected chi connectivity index (χ1v) is 12.4. The summed E-state index contributed by atoms with van der Waals surface area (Å²) in [5, 5.41) is 17.9. The van der Waals surface area contributed by atoms with Crippen molar-refractivity contribution < 1.29 is 4.79 Å². The zero-order chi connectivity index (χ0) is 23.5. The van der Waals surface area contributed by atoms with E-state index >= 15 is 0 Å². The van der Waals surface area contributed by atoms with Crippen molar-refractivity contribution in [2.45, 2.75) is 5.16 Å². The fraction of sp³-hybridized carbons (Fsp3) is 0.0769. The Kier molecular flexibility index (Phi) is 6.42. The van der Waals surface area contributed by atoms with E-state index in [9.17, 15) is 4.79 Å². The van der Waals surface area contributed by atoms with Crippen molar-refractivity contribution in [2.75, 3.05) is 5.75 Å². The van der Waals surface area contributed by atoms with Gasteiger partial charge in [0.1, 0.15) is 0 Å². The third kappa shape index (κ3) is 4.47. The minimum absolute atomic E-state index is 0.176. The number of carbonyl (C=O) groups excluding carboxylic acids is 1. The summed E-state index contributed by atoms with van der Waals surface area (Å²) < 4.78 is 2.82. The van der Waals surface area contributed by atoms with Crippen LogP contribution in [-0.4, -0.2) is 32.6 Å². The number of halogens is 1. The van der Waals surface area contributed by atoms with Gasteiger partial charge in [-0.1, -0.05) is 94.4 Å². The fourth-order valence-corrected chi connectivity index (χ4v) is 5.00. The molecule has 5 rings (SSSR count). The van der Waals surface area contributed by atoms with E-state index in [2.05, 4.69) is 67.0 Å². The summed E-state index contributed by atoms with van der Waals surface area (Å²) in [6.07, 6.45) is 1.72. The lowest BCUT2D eigenvalue weighted by molar-refractivity contribution is -0.118. The lowest BCUT2D eigenvalue weighted by atomic mass is 9.97. The first-order valence-electron chi connectivity index (χ1n) is 10.6. The highest BCUT2D eigenvalue weighted by Crippen LogP contribution is 2.29. The van der Waals surface area contributed by atoms with E-state index in [0.717, 1.165) is 43.0 Å². The molecule has 0 radical (unpaired) electrons. The van der Waals surface area contributed by atoms with Crippen LogP contribution < -0.4 is 5.43 Å². The Labute approximate surface area is 209 Å². The molecule has 1 amide bonds. The maximum absolute atomic E-state index is 12.5. The highest BCUT2D eigenvalue weighted by atomic mass is 79.9. The van der Waals surface area contributed by atoms with Crippen LogP contribution in [0.1, 0.15) is 5.56 Å². The smallest absolute Gasteiger partial charge is 0.250 e. The molecule has 0 aliphatic heterocycles. The van der Waals surface area contributed by atoms with Crippen molar-refractivity contribution in [1.29, 1.82) is 0 Å². The van der Waals surface area contributed by atoms with Crippen molar-refractivity contribution >= 4 is 61.4 Å². The van der Waals surface area contributed by atoms with Crippen LogP contribution in [0.25, 0.3) is 32.9 Å². The second-order valence-corrected chi connectivity index (χ2v) is 9.46. The minimum Gasteiger partial charge on any atom is -0.305 e. The van der Waals surface area contributed by atoms with Gasteiger partial charge in [-0.05, 0) is 33.7 Å². The van der Waals surface area contributed by atoms with Crippen molar-refractivity contribution in [2.24, 2.45) is 12.1 Å². The number of fused-ring (bicyclic) bond motifs is 2. The van der Waals surface area contributed by atoms with E-state index < -0.39 is 0 Å². The molecule has 0 aliphatic carbocycles. The quantitative estimate of drug-likeness (QED) is 0.131. The Morgan fingerprint density at radius 2 is 1.65 bits per heavy atom. The molecule has 1 aromatic heterocycles. The summed E-state index contributed by atoms with van der Waals surface area (Å²) >= 11 is 4.86. The zero-order valence-corrected chi connectivity index (χ0v) is 20.7. The van der Waals surface area contributed by atoms with E-state index in [4.69, 9.17) is 0 Å². The molecule has 0 saturated carbocycles. The summed E-state index contributed by atoms with van der Waals surface area (Å²) in [7, 11) is 1.89. The van der Waals surface area contributed by atoms with Gasteiger partial charge in [0.25, 0.3) is 5.91 Å². The van der Waals surface area contributed by atoms with Gasteiger partial charge >= 0.3 is 0 Å². The molecular weight excluding hydrogens is 510 g/mol. The Balaban J connectivity index is 1.29. The molecular formula is C26H20BrN5OS. The predicted molar refractivity (Wildman–Crippen MR) is 142 cm³/mol. The van der Waals surface area contributed by atoms with Gasteiger partial charge in [0.05, 0.1) is 12.0 Å². The van der Waals surface area contributed by atoms with Gasteiger partial charge in [-0.15, -0.1) is 10.2 Å². The number of nitrogens with one attached hydrogen (secondary N) is 1. The van der Waals surface area contributed by atoms with Crippen molar-refractivity contribution in [3.63, 3.8) is 0 Å². The number of hydrazone groups is 1. The van der Waals surface area contributed by atoms with Gasteiger partial charge in [0.2, 0.25) is 0 Å². The highest BCUT2D eigenvalue weighted by molar-refractivity contribution is 9.10. The van der Waals surface area contributed by atoms with E-state index in [-0.39, 0.29) is 11.7 Å². The summed E-state index contributed by atoms with van der Waals surface area (Å²) in [5.41, 5.74) is 4.57. The number of nitrogens with zero attached hydrogens (tertiary/aromatic N) is 4. The molecule has 0 atom stereocenters. The molecule has 168 valence electrons. The maximum Gasteiger partial charge on any atom is 0.250 e. The second-order valence-electron chi connectivity index (χ2n) is 7.66. The van der Waals surface area contributed by atoms with Crippen molar-refractivity contribution in [1.82, 2.24) is 20.2 Å². The van der Waals surface area contributed by atoms with Gasteiger partial charge in [0.15, 0.2) is 11.0 Å². The first-order chi connectivity index (χ1) is 16.6. The van der Waals surface area contributed by atoms with Gasteiger partial charge < -0.3 is 4.57 Å². The molecule has 0 aliphatic rings. The first kappa shape index (κ1) is 22.3. The van der Waals surface area contributed by atoms with Crippen molar-refractivity contribution in [3.8, 4) is 11.4 Å². The fourth-order valence-electron chi connectivity index (χ4n) is 3.84. The number of hydrogen-bond acceptors (Lipinski definition) is 5. The van der Waals surface area contributed by atoms with Crippen LogP contribution in [-0.2, 0) is 11.8 Å². The monoisotopic (exact) mass is 529 g/mol. The average molecular weight is 530 g/mol. The average Bonchev–Trinajstić information content (AvgIpc) is 3.22. The molecule has 8 heteroatoms. The third-order valence-corrected chi connectivity index (χ3v) is 7.19. The van der Waals surface area contributed by atoms with Gasteiger partial charge in [-0.2, -0.15) is 5.10 Å². The summed E-state index contributed by atoms with van der Waals surface area (Å²) in [6, 6.07) is 26.3. The lowest BCUT2D eigenvalue weighted by Gasteiger charge is -2.08. The van der Waals surface area contributed by atoms with E-state index in [0.29, 0.717) is 5.16 Å². The largest absolute Gasteiger partial charge is 0.305 e. The molecule has 4 aromatic carbocycles. The molecule has 1 heterocycles. The van der Waals surface area contributed by atoms with Crippen LogP contribution in [0.2, 0.25) is 0 Å². The summed E-state index contributed by atoms with van der Waals surface area (Å²) in [6.45, 7) is 0. The van der Waals surface area contributed by atoms with Gasteiger partial charge in [-0.3, -0.25) is 4.79 Å². The molecule has 6 nitrogen and oxygen atoms in total. The number of aromatic nitrogens is 3. The molecule has 34 heavy (non-hydrogen) atoms. The van der Waals surface area contributed by atoms with E-state index in [1.165, 1.54) is 11.8 Å². The zero-order valence-electron chi connectivity index (χ0n) is 18.3. The lowest BCUT2D eigenvalue weighted by Crippen LogP contribution is -2.20. The van der Waals surface area contributed by atoms with Crippen LogP contribution in [0.5, 0.6) is 0 Å². The molecule has 5 aromatic rings. The van der Waals surface area contributed by atoms with Gasteiger partial charge in [0, 0.05) is 22.6 Å². The second kappa shape index (κ2) is 9.79. The number of amides is 1. The molecule has 0 spiro atoms. The van der Waals surface area contributed by atoms with Crippen LogP contribution in [0.3, 0.4) is 0 Å². The molecule has 0 fully saturated rings. The van der Waals surface area contributed by atoms with Gasteiger partial charge in [-0.25, -0.2) is 5.43 Å². The summed E-state index contributed by atoms with van der Waals surface area (Å²) in [4.78, 5) is 12.5. The predicted octanol–water partition coefficient (Wildman–Crippen LogP) is 5.79.